The van der Waals surface area contributed by atoms with Crippen LogP contribution in [0.5, 0.6) is 0 Å². The summed E-state index contributed by atoms with van der Waals surface area (Å²) in [6.45, 7) is 0.445. The molecule has 0 fully saturated rings. The molecule has 9 nitrogen and oxygen atoms in total. The molecule has 0 saturated heterocycles. The van der Waals surface area contributed by atoms with E-state index in [2.05, 4.69) is 25.5 Å². The first-order valence-corrected chi connectivity index (χ1v) is 5.26. The number of rotatable bonds is 4. The van der Waals surface area contributed by atoms with Gasteiger partial charge >= 0.3 is 5.69 Å². The molecule has 0 atom stereocenters. The number of nitrogen functional groups attached to an aromatic ring is 1. The van der Waals surface area contributed by atoms with Crippen LogP contribution in [0, 0.1) is 0 Å². The monoisotopic (exact) mass is 251 g/mol. The van der Waals surface area contributed by atoms with Gasteiger partial charge in [-0.3, -0.25) is 19.4 Å². The van der Waals surface area contributed by atoms with Crippen molar-refractivity contribution in [3.8, 4) is 0 Å². The number of anilines is 2. The predicted octanol–water partition coefficient (Wildman–Crippen LogP) is -1.57. The number of H-pyrrole nitrogens is 2. The molecular weight excluding hydrogens is 238 g/mol. The molecule has 0 aliphatic carbocycles. The van der Waals surface area contributed by atoms with Gasteiger partial charge in [0.15, 0.2) is 0 Å². The van der Waals surface area contributed by atoms with Crippen LogP contribution in [0.3, 0.4) is 0 Å². The van der Waals surface area contributed by atoms with E-state index in [1.165, 1.54) is 13.4 Å². The zero-order valence-corrected chi connectivity index (χ0v) is 9.73. The molecule has 18 heavy (non-hydrogen) atoms. The van der Waals surface area contributed by atoms with Gasteiger partial charge in [0, 0.05) is 20.0 Å². The molecule has 96 valence electrons. The number of aromatic amines is 2. The van der Waals surface area contributed by atoms with Gasteiger partial charge in [0.1, 0.15) is 23.7 Å². The number of nitrogens with two attached hydrogens (primary N) is 1. The summed E-state index contributed by atoms with van der Waals surface area (Å²) in [5.74, 6) is 0.795. The highest BCUT2D eigenvalue weighted by Gasteiger charge is 2.09. The number of hydrogen-bond acceptors (Lipinski definition) is 6. The van der Waals surface area contributed by atoms with Crippen LogP contribution in [0.1, 0.15) is 5.82 Å². The first-order chi connectivity index (χ1) is 8.59. The van der Waals surface area contributed by atoms with E-state index in [4.69, 9.17) is 5.73 Å². The Labute approximate surface area is 101 Å². The fraction of sp³-hybridized carbons (Fsp3) is 0.333. The van der Waals surface area contributed by atoms with Crippen LogP contribution in [-0.4, -0.2) is 31.3 Å². The van der Waals surface area contributed by atoms with Crippen molar-refractivity contribution in [2.24, 2.45) is 7.05 Å². The third kappa shape index (κ3) is 2.24. The molecule has 9 heteroatoms. The van der Waals surface area contributed by atoms with Crippen LogP contribution < -0.4 is 22.3 Å². The van der Waals surface area contributed by atoms with Gasteiger partial charge in [-0.05, 0) is 0 Å². The Bertz CT molecular complexity index is 640. The van der Waals surface area contributed by atoms with Gasteiger partial charge < -0.3 is 11.1 Å². The molecule has 0 unspecified atom stereocenters. The lowest BCUT2D eigenvalue weighted by molar-refractivity contribution is 0.810. The molecule has 0 spiro atoms. The van der Waals surface area contributed by atoms with Gasteiger partial charge in [-0.1, -0.05) is 0 Å². The molecule has 0 aliphatic heterocycles. The van der Waals surface area contributed by atoms with E-state index >= 15 is 0 Å². The molecule has 2 aromatic rings. The molecule has 0 amide bonds. The summed E-state index contributed by atoms with van der Waals surface area (Å²) in [5.41, 5.74) is 4.79. The minimum Gasteiger partial charge on any atom is -0.383 e. The molecule has 2 heterocycles. The Hall–Kier alpha value is -2.58. The summed E-state index contributed by atoms with van der Waals surface area (Å²) < 4.78 is 1.16. The molecule has 5 N–H and O–H groups in total. The smallest absolute Gasteiger partial charge is 0.329 e. The van der Waals surface area contributed by atoms with Crippen molar-refractivity contribution in [3.05, 3.63) is 33.0 Å². The van der Waals surface area contributed by atoms with E-state index in [0.29, 0.717) is 18.8 Å². The van der Waals surface area contributed by atoms with E-state index in [-0.39, 0.29) is 11.5 Å². The van der Waals surface area contributed by atoms with Crippen LogP contribution in [0.25, 0.3) is 0 Å². The number of aromatic nitrogens is 5. The number of nitrogens with one attached hydrogen (secondary N) is 3. The number of hydrogen-bond donors (Lipinski definition) is 4. The molecule has 0 saturated carbocycles. The van der Waals surface area contributed by atoms with Gasteiger partial charge in [0.25, 0.3) is 5.56 Å². The van der Waals surface area contributed by atoms with Crippen LogP contribution in [0.15, 0.2) is 15.9 Å². The summed E-state index contributed by atoms with van der Waals surface area (Å²) in [7, 11) is 1.48. The van der Waals surface area contributed by atoms with Crippen LogP contribution in [0.2, 0.25) is 0 Å². The zero-order valence-electron chi connectivity index (χ0n) is 9.73. The topological polar surface area (TPSA) is 134 Å². The standard InChI is InChI=1S/C9H13N7O2/c1-16-7(10)6(8(17)14-9(16)18)11-3-2-5-12-4-13-15-5/h4,11H,2-3,10H2,1H3,(H,12,13,15)(H,14,17,18). The van der Waals surface area contributed by atoms with Gasteiger partial charge in [-0.15, -0.1) is 0 Å². The second-order valence-corrected chi connectivity index (χ2v) is 3.69. The van der Waals surface area contributed by atoms with Gasteiger partial charge in [0.2, 0.25) is 0 Å². The van der Waals surface area contributed by atoms with Gasteiger partial charge in [-0.2, -0.15) is 5.10 Å². The minimum atomic E-state index is -0.543. The van der Waals surface area contributed by atoms with Crippen molar-refractivity contribution in [3.63, 3.8) is 0 Å². The fourth-order valence-electron chi connectivity index (χ4n) is 1.46. The fourth-order valence-corrected chi connectivity index (χ4v) is 1.46. The van der Waals surface area contributed by atoms with Gasteiger partial charge in [-0.25, -0.2) is 9.78 Å². The summed E-state index contributed by atoms with van der Waals surface area (Å²) in [4.78, 5) is 28.9. The van der Waals surface area contributed by atoms with E-state index in [1.54, 1.807) is 0 Å². The predicted molar refractivity (Wildman–Crippen MR) is 65.3 cm³/mol. The summed E-state index contributed by atoms with van der Waals surface area (Å²) in [5, 5.41) is 9.28. The maximum absolute atomic E-state index is 11.6. The first-order valence-electron chi connectivity index (χ1n) is 5.26. The second-order valence-electron chi connectivity index (χ2n) is 3.69. The Morgan fingerprint density at radius 1 is 1.50 bits per heavy atom. The van der Waals surface area contributed by atoms with Crippen molar-refractivity contribution in [2.75, 3.05) is 17.6 Å². The number of nitrogens with zero attached hydrogens (tertiary/aromatic N) is 3. The summed E-state index contributed by atoms with van der Waals surface area (Å²) in [6.07, 6.45) is 1.96. The third-order valence-electron chi connectivity index (χ3n) is 2.50. The molecule has 0 aromatic carbocycles. The Kier molecular flexibility index (Phi) is 3.13. The highest BCUT2D eigenvalue weighted by Crippen LogP contribution is 2.07. The van der Waals surface area contributed by atoms with Crippen molar-refractivity contribution in [1.29, 1.82) is 0 Å². The largest absolute Gasteiger partial charge is 0.383 e. The Morgan fingerprint density at radius 3 is 2.94 bits per heavy atom. The molecule has 0 aliphatic rings. The SMILES string of the molecule is Cn1c(N)c(NCCc2ncn[nH]2)c(=O)[nH]c1=O. The third-order valence-corrected chi connectivity index (χ3v) is 2.50. The highest BCUT2D eigenvalue weighted by atomic mass is 16.2. The van der Waals surface area contributed by atoms with Crippen molar-refractivity contribution in [1.82, 2.24) is 24.7 Å². The summed E-state index contributed by atoms with van der Waals surface area (Å²) in [6, 6.07) is 0. The van der Waals surface area contributed by atoms with Crippen LogP contribution >= 0.6 is 0 Å². The molecule has 0 bridgehead atoms. The van der Waals surface area contributed by atoms with Gasteiger partial charge in [0.05, 0.1) is 0 Å². The van der Waals surface area contributed by atoms with Crippen molar-refractivity contribution < 1.29 is 0 Å². The van der Waals surface area contributed by atoms with Crippen LogP contribution in [-0.2, 0) is 13.5 Å². The highest BCUT2D eigenvalue weighted by molar-refractivity contribution is 5.60. The first kappa shape index (κ1) is 11.9. The zero-order chi connectivity index (χ0) is 13.1. The lowest BCUT2D eigenvalue weighted by Gasteiger charge is -2.09. The maximum atomic E-state index is 11.6. The van der Waals surface area contributed by atoms with E-state index in [1.807, 2.05) is 0 Å². The van der Waals surface area contributed by atoms with Crippen molar-refractivity contribution in [2.45, 2.75) is 6.42 Å². The molecular formula is C9H13N7O2. The average molecular weight is 251 g/mol. The normalized spacial score (nSPS) is 10.5. The Morgan fingerprint density at radius 2 is 2.28 bits per heavy atom. The van der Waals surface area contributed by atoms with E-state index < -0.39 is 11.2 Å². The van der Waals surface area contributed by atoms with Crippen molar-refractivity contribution >= 4 is 11.5 Å². The van der Waals surface area contributed by atoms with Crippen LogP contribution in [0.4, 0.5) is 11.5 Å². The maximum Gasteiger partial charge on any atom is 0.329 e. The molecule has 2 rings (SSSR count). The average Bonchev–Trinajstić information content (AvgIpc) is 2.84. The van der Waals surface area contributed by atoms with E-state index in [9.17, 15) is 9.59 Å². The van der Waals surface area contributed by atoms with E-state index in [0.717, 1.165) is 4.57 Å². The lowest BCUT2D eigenvalue weighted by atomic mass is 10.3. The summed E-state index contributed by atoms with van der Waals surface area (Å²) >= 11 is 0. The quantitative estimate of drug-likeness (QED) is 0.518. The lowest BCUT2D eigenvalue weighted by Crippen LogP contribution is -2.32. The Balaban J connectivity index is 2.12. The molecule has 2 aromatic heterocycles. The minimum absolute atomic E-state index is 0.0984. The second kappa shape index (κ2) is 4.73. The molecule has 0 radical (unpaired) electrons.